The van der Waals surface area contributed by atoms with E-state index in [2.05, 4.69) is 0 Å². The lowest BCUT2D eigenvalue weighted by Crippen LogP contribution is -2.25. The zero-order valence-electron chi connectivity index (χ0n) is 13.7. The molecule has 23 heavy (non-hydrogen) atoms. The molecule has 1 aromatic rings. The van der Waals surface area contributed by atoms with Gasteiger partial charge in [0.1, 0.15) is 5.75 Å². The minimum atomic E-state index is -0.374. The van der Waals surface area contributed by atoms with Gasteiger partial charge >= 0.3 is 0 Å². The Bertz CT molecular complexity index is 630. The van der Waals surface area contributed by atoms with Gasteiger partial charge in [-0.05, 0) is 30.4 Å². The number of rotatable bonds is 4. The smallest absolute Gasteiger partial charge is 0.273 e. The van der Waals surface area contributed by atoms with Crippen LogP contribution in [0.2, 0.25) is 0 Å². The number of nitrogens with zero attached hydrogens (tertiary/aromatic N) is 3. The summed E-state index contributed by atoms with van der Waals surface area (Å²) >= 11 is 0. The third-order valence-corrected chi connectivity index (χ3v) is 5.01. The molecule has 1 heterocycles. The van der Waals surface area contributed by atoms with E-state index < -0.39 is 0 Å². The zero-order valence-corrected chi connectivity index (χ0v) is 13.7. The molecule has 3 rings (SSSR count). The Hall–Kier alpha value is -2.11. The minimum Gasteiger partial charge on any atom is -0.496 e. The van der Waals surface area contributed by atoms with E-state index in [1.165, 1.54) is 18.6 Å². The predicted molar refractivity (Wildman–Crippen MR) is 89.0 cm³/mol. The summed E-state index contributed by atoms with van der Waals surface area (Å²) in [4.78, 5) is 10.6. The molecule has 0 aromatic heterocycles. The monoisotopic (exact) mass is 317 g/mol. The summed E-state index contributed by atoms with van der Waals surface area (Å²) in [5.74, 6) is 1.39. The SMILES string of the molecule is COc1cc([N+](=O)[O-])ccc1C1CCCCC1C1=NN(C)CC1. The molecule has 0 bridgehead atoms. The van der Waals surface area contributed by atoms with Crippen molar-refractivity contribution in [3.63, 3.8) is 0 Å². The van der Waals surface area contributed by atoms with Crippen LogP contribution in [-0.2, 0) is 0 Å². The first-order valence-electron chi connectivity index (χ1n) is 8.21. The molecule has 0 saturated heterocycles. The number of hydrazone groups is 1. The molecular formula is C17H23N3O3. The zero-order chi connectivity index (χ0) is 16.4. The van der Waals surface area contributed by atoms with E-state index in [1.807, 2.05) is 18.1 Å². The quantitative estimate of drug-likeness (QED) is 0.629. The number of nitro groups is 1. The number of ether oxygens (including phenoxy) is 1. The van der Waals surface area contributed by atoms with E-state index in [1.54, 1.807) is 19.2 Å². The Kier molecular flexibility index (Phi) is 4.50. The van der Waals surface area contributed by atoms with E-state index in [0.29, 0.717) is 17.6 Å². The molecular weight excluding hydrogens is 294 g/mol. The highest BCUT2D eigenvalue weighted by molar-refractivity contribution is 5.89. The number of nitro benzene ring substituents is 1. The number of hydrogen-bond donors (Lipinski definition) is 0. The van der Waals surface area contributed by atoms with Gasteiger partial charge in [0.2, 0.25) is 0 Å². The highest BCUT2D eigenvalue weighted by Gasteiger charge is 2.34. The normalized spacial score (nSPS) is 24.4. The summed E-state index contributed by atoms with van der Waals surface area (Å²) in [6.07, 6.45) is 5.65. The molecule has 0 spiro atoms. The minimum absolute atomic E-state index is 0.0795. The summed E-state index contributed by atoms with van der Waals surface area (Å²) in [6, 6.07) is 5.01. The molecule has 1 aliphatic carbocycles. The topological polar surface area (TPSA) is 68.0 Å². The van der Waals surface area contributed by atoms with Crippen LogP contribution in [0.1, 0.15) is 43.6 Å². The lowest BCUT2D eigenvalue weighted by Gasteiger charge is -2.32. The molecule has 1 aliphatic heterocycles. The third kappa shape index (κ3) is 3.16. The van der Waals surface area contributed by atoms with E-state index in [4.69, 9.17) is 9.84 Å². The average molecular weight is 317 g/mol. The lowest BCUT2D eigenvalue weighted by atomic mass is 9.72. The number of hydrogen-bond acceptors (Lipinski definition) is 5. The van der Waals surface area contributed by atoms with Crippen molar-refractivity contribution in [1.82, 2.24) is 5.01 Å². The van der Waals surface area contributed by atoms with E-state index in [-0.39, 0.29) is 10.6 Å². The van der Waals surface area contributed by atoms with Crippen molar-refractivity contribution in [3.8, 4) is 5.75 Å². The standard InChI is InChI=1S/C17H23N3O3/c1-19-10-9-16(18-19)14-6-4-3-5-13(14)15-8-7-12(20(21)22)11-17(15)23-2/h7-8,11,13-14H,3-6,9-10H2,1-2H3. The molecule has 6 nitrogen and oxygen atoms in total. The Morgan fingerprint density at radius 2 is 2.04 bits per heavy atom. The maximum Gasteiger partial charge on any atom is 0.273 e. The first kappa shape index (κ1) is 15.8. The molecule has 124 valence electrons. The van der Waals surface area contributed by atoms with Crippen molar-refractivity contribution in [1.29, 1.82) is 0 Å². The maximum atomic E-state index is 11.0. The van der Waals surface area contributed by atoms with Crippen LogP contribution >= 0.6 is 0 Å². The maximum absolute atomic E-state index is 11.0. The van der Waals surface area contributed by atoms with Gasteiger partial charge in [-0.3, -0.25) is 15.1 Å². The molecule has 0 amide bonds. The molecule has 1 saturated carbocycles. The fourth-order valence-electron chi connectivity index (χ4n) is 3.88. The average Bonchev–Trinajstić information content (AvgIpc) is 3.00. The van der Waals surface area contributed by atoms with Crippen LogP contribution in [0.15, 0.2) is 23.3 Å². The van der Waals surface area contributed by atoms with Crippen molar-refractivity contribution < 1.29 is 9.66 Å². The Labute approximate surface area is 136 Å². The molecule has 1 fully saturated rings. The molecule has 6 heteroatoms. The summed E-state index contributed by atoms with van der Waals surface area (Å²) in [6.45, 7) is 0.982. The Morgan fingerprint density at radius 1 is 1.30 bits per heavy atom. The summed E-state index contributed by atoms with van der Waals surface area (Å²) in [5.41, 5.74) is 2.44. The fourth-order valence-corrected chi connectivity index (χ4v) is 3.88. The van der Waals surface area contributed by atoms with Crippen molar-refractivity contribution in [3.05, 3.63) is 33.9 Å². The van der Waals surface area contributed by atoms with E-state index in [0.717, 1.165) is 31.4 Å². The Balaban J connectivity index is 1.94. The highest BCUT2D eigenvalue weighted by atomic mass is 16.6. The van der Waals surface area contributed by atoms with E-state index in [9.17, 15) is 10.1 Å². The van der Waals surface area contributed by atoms with Crippen LogP contribution < -0.4 is 4.74 Å². The number of benzene rings is 1. The van der Waals surface area contributed by atoms with E-state index >= 15 is 0 Å². The third-order valence-electron chi connectivity index (χ3n) is 5.01. The van der Waals surface area contributed by atoms with Gasteiger partial charge in [-0.25, -0.2) is 0 Å². The molecule has 1 aromatic carbocycles. The van der Waals surface area contributed by atoms with Gasteiger partial charge in [-0.1, -0.05) is 12.8 Å². The van der Waals surface area contributed by atoms with Gasteiger partial charge in [0, 0.05) is 37.7 Å². The van der Waals surface area contributed by atoms with Crippen LogP contribution in [0.5, 0.6) is 5.75 Å². The molecule has 2 atom stereocenters. The molecule has 2 unspecified atom stereocenters. The first-order chi connectivity index (χ1) is 11.1. The Morgan fingerprint density at radius 3 is 2.65 bits per heavy atom. The van der Waals surface area contributed by atoms with Crippen molar-refractivity contribution in [2.75, 3.05) is 20.7 Å². The largest absolute Gasteiger partial charge is 0.496 e. The van der Waals surface area contributed by atoms with Crippen LogP contribution in [0.4, 0.5) is 5.69 Å². The van der Waals surface area contributed by atoms with Gasteiger partial charge in [0.05, 0.1) is 18.1 Å². The second kappa shape index (κ2) is 6.56. The van der Waals surface area contributed by atoms with Gasteiger partial charge < -0.3 is 4.74 Å². The van der Waals surface area contributed by atoms with Gasteiger partial charge in [0.15, 0.2) is 0 Å². The fraction of sp³-hybridized carbons (Fsp3) is 0.588. The lowest BCUT2D eigenvalue weighted by molar-refractivity contribution is -0.384. The van der Waals surface area contributed by atoms with Crippen molar-refractivity contribution >= 4 is 11.4 Å². The van der Waals surface area contributed by atoms with Gasteiger partial charge in [-0.2, -0.15) is 5.10 Å². The predicted octanol–water partition coefficient (Wildman–Crippen LogP) is 3.57. The number of methoxy groups -OCH3 is 1. The molecule has 0 N–H and O–H groups in total. The van der Waals surface area contributed by atoms with Gasteiger partial charge in [-0.15, -0.1) is 0 Å². The second-order valence-electron chi connectivity index (χ2n) is 6.40. The van der Waals surface area contributed by atoms with Crippen molar-refractivity contribution in [2.45, 2.75) is 38.0 Å². The van der Waals surface area contributed by atoms with Crippen LogP contribution in [0, 0.1) is 16.0 Å². The first-order valence-corrected chi connectivity index (χ1v) is 8.21. The molecule has 0 radical (unpaired) electrons. The van der Waals surface area contributed by atoms with Gasteiger partial charge in [0.25, 0.3) is 5.69 Å². The second-order valence-corrected chi connectivity index (χ2v) is 6.40. The summed E-state index contributed by atoms with van der Waals surface area (Å²) < 4.78 is 5.47. The van der Waals surface area contributed by atoms with Crippen LogP contribution in [-0.4, -0.2) is 36.3 Å². The number of non-ortho nitro benzene ring substituents is 1. The highest BCUT2D eigenvalue weighted by Crippen LogP contribution is 2.44. The summed E-state index contributed by atoms with van der Waals surface area (Å²) in [5, 5.41) is 17.7. The van der Waals surface area contributed by atoms with Crippen molar-refractivity contribution in [2.24, 2.45) is 11.0 Å². The molecule has 2 aliphatic rings. The van der Waals surface area contributed by atoms with Crippen LogP contribution in [0.25, 0.3) is 0 Å². The van der Waals surface area contributed by atoms with Crippen LogP contribution in [0.3, 0.4) is 0 Å². The summed E-state index contributed by atoms with van der Waals surface area (Å²) in [7, 11) is 3.60.